The fraction of sp³-hybridized carbons (Fsp3) is 0.353. The van der Waals surface area contributed by atoms with Crippen molar-refractivity contribution in [2.24, 2.45) is 5.73 Å². The Morgan fingerprint density at radius 2 is 2.09 bits per heavy atom. The Morgan fingerprint density at radius 1 is 1.26 bits per heavy atom. The highest BCUT2D eigenvalue weighted by Crippen LogP contribution is 2.38. The minimum Gasteiger partial charge on any atom is -0.454 e. The molecular weight excluding hydrogens is 310 g/mol. The van der Waals surface area contributed by atoms with E-state index in [-0.39, 0.29) is 6.79 Å². The van der Waals surface area contributed by atoms with Crippen LogP contribution in [-0.4, -0.2) is 22.7 Å². The van der Waals surface area contributed by atoms with Gasteiger partial charge in [0.2, 0.25) is 6.79 Å². The van der Waals surface area contributed by atoms with Crippen LogP contribution in [0.2, 0.25) is 0 Å². The summed E-state index contributed by atoms with van der Waals surface area (Å²) in [5.41, 5.74) is 10.4. The molecule has 0 saturated heterocycles. The molecule has 0 bridgehead atoms. The third-order valence-corrected chi connectivity index (χ3v) is 5.22. The van der Waals surface area contributed by atoms with Crippen molar-refractivity contribution in [3.63, 3.8) is 0 Å². The lowest BCUT2D eigenvalue weighted by atomic mass is 10.1. The van der Waals surface area contributed by atoms with Crippen LogP contribution in [0.15, 0.2) is 18.2 Å². The second-order valence-corrected chi connectivity index (χ2v) is 6.77. The van der Waals surface area contributed by atoms with Crippen molar-refractivity contribution in [3.8, 4) is 22.8 Å². The largest absolute Gasteiger partial charge is 0.454 e. The standard InChI is InChI=1S/C17H19N3O2S/c1-3-12-10(2)23-17-19-16(13(6-7-18)20(12)17)11-4-5-14-15(8-11)22-9-21-14/h4-5,8H,3,6-7,9,18H2,1-2H3. The van der Waals surface area contributed by atoms with Crippen LogP contribution < -0.4 is 15.2 Å². The van der Waals surface area contributed by atoms with E-state index in [0.29, 0.717) is 6.54 Å². The predicted molar refractivity (Wildman–Crippen MR) is 91.5 cm³/mol. The molecule has 0 spiro atoms. The molecule has 1 aromatic carbocycles. The van der Waals surface area contributed by atoms with Gasteiger partial charge in [0, 0.05) is 22.6 Å². The van der Waals surface area contributed by atoms with E-state index in [1.165, 1.54) is 16.3 Å². The molecule has 120 valence electrons. The lowest BCUT2D eigenvalue weighted by Crippen LogP contribution is -2.07. The molecule has 1 aliphatic heterocycles. The normalized spacial score (nSPS) is 13.2. The Hall–Kier alpha value is -2.05. The smallest absolute Gasteiger partial charge is 0.231 e. The van der Waals surface area contributed by atoms with Crippen LogP contribution in [0, 0.1) is 6.92 Å². The summed E-state index contributed by atoms with van der Waals surface area (Å²) in [5, 5.41) is 0. The average molecular weight is 329 g/mol. The van der Waals surface area contributed by atoms with Gasteiger partial charge < -0.3 is 15.2 Å². The van der Waals surface area contributed by atoms with Gasteiger partial charge in [0.15, 0.2) is 16.5 Å². The van der Waals surface area contributed by atoms with Gasteiger partial charge in [-0.05, 0) is 38.1 Å². The predicted octanol–water partition coefficient (Wildman–Crippen LogP) is 3.16. The van der Waals surface area contributed by atoms with Crippen molar-refractivity contribution in [1.29, 1.82) is 0 Å². The van der Waals surface area contributed by atoms with Gasteiger partial charge >= 0.3 is 0 Å². The molecule has 0 unspecified atom stereocenters. The van der Waals surface area contributed by atoms with Crippen LogP contribution in [0.3, 0.4) is 0 Å². The number of ether oxygens (including phenoxy) is 2. The molecule has 23 heavy (non-hydrogen) atoms. The van der Waals surface area contributed by atoms with Gasteiger partial charge in [-0.2, -0.15) is 0 Å². The molecule has 0 radical (unpaired) electrons. The molecule has 1 aliphatic rings. The first-order valence-electron chi connectivity index (χ1n) is 7.82. The highest BCUT2D eigenvalue weighted by molar-refractivity contribution is 7.17. The fourth-order valence-corrected chi connectivity index (χ4v) is 4.26. The van der Waals surface area contributed by atoms with Crippen LogP contribution in [0.25, 0.3) is 16.2 Å². The van der Waals surface area contributed by atoms with E-state index in [1.54, 1.807) is 11.3 Å². The van der Waals surface area contributed by atoms with Crippen molar-refractivity contribution in [2.45, 2.75) is 26.7 Å². The molecule has 0 saturated carbocycles. The number of rotatable bonds is 4. The summed E-state index contributed by atoms with van der Waals surface area (Å²) in [6, 6.07) is 6.00. The summed E-state index contributed by atoms with van der Waals surface area (Å²) in [5.74, 6) is 1.57. The number of nitrogens with two attached hydrogens (primary N) is 1. The maximum absolute atomic E-state index is 5.86. The number of fused-ring (bicyclic) bond motifs is 2. The molecule has 0 fully saturated rings. The summed E-state index contributed by atoms with van der Waals surface area (Å²) in [4.78, 5) is 7.25. The number of thiazole rings is 1. The van der Waals surface area contributed by atoms with Crippen LogP contribution in [0.4, 0.5) is 0 Å². The monoisotopic (exact) mass is 329 g/mol. The zero-order valence-corrected chi connectivity index (χ0v) is 14.1. The van der Waals surface area contributed by atoms with Crippen molar-refractivity contribution in [2.75, 3.05) is 13.3 Å². The lowest BCUT2D eigenvalue weighted by Gasteiger charge is -2.07. The number of hydrogen-bond donors (Lipinski definition) is 1. The molecule has 5 nitrogen and oxygen atoms in total. The van der Waals surface area contributed by atoms with Gasteiger partial charge in [-0.1, -0.05) is 6.92 Å². The van der Waals surface area contributed by atoms with Crippen molar-refractivity contribution in [3.05, 3.63) is 34.5 Å². The molecule has 3 aromatic rings. The molecule has 0 amide bonds. The van der Waals surface area contributed by atoms with Gasteiger partial charge in [0.25, 0.3) is 0 Å². The summed E-state index contributed by atoms with van der Waals surface area (Å²) in [6.45, 7) is 5.22. The van der Waals surface area contributed by atoms with E-state index in [1.807, 2.05) is 18.2 Å². The molecular formula is C17H19N3O2S. The maximum atomic E-state index is 5.86. The van der Waals surface area contributed by atoms with E-state index in [2.05, 4.69) is 18.2 Å². The quantitative estimate of drug-likeness (QED) is 0.798. The zero-order chi connectivity index (χ0) is 16.0. The summed E-state index contributed by atoms with van der Waals surface area (Å²) >= 11 is 1.74. The zero-order valence-electron chi connectivity index (χ0n) is 13.3. The number of hydrogen-bond acceptors (Lipinski definition) is 5. The van der Waals surface area contributed by atoms with Crippen molar-refractivity contribution in [1.82, 2.24) is 9.38 Å². The summed E-state index contributed by atoms with van der Waals surface area (Å²) in [7, 11) is 0. The Morgan fingerprint density at radius 3 is 2.87 bits per heavy atom. The first-order chi connectivity index (χ1) is 11.2. The average Bonchev–Trinajstić information content (AvgIpc) is 3.21. The van der Waals surface area contributed by atoms with E-state index in [9.17, 15) is 0 Å². The minimum atomic E-state index is 0.284. The van der Waals surface area contributed by atoms with Crippen molar-refractivity contribution < 1.29 is 9.47 Å². The second-order valence-electron chi connectivity index (χ2n) is 5.59. The Labute approximate surface area is 138 Å². The molecule has 6 heteroatoms. The summed E-state index contributed by atoms with van der Waals surface area (Å²) in [6.07, 6.45) is 1.79. The Kier molecular flexibility index (Phi) is 3.50. The van der Waals surface area contributed by atoms with Gasteiger partial charge in [0.1, 0.15) is 0 Å². The number of imidazole rings is 1. The van der Waals surface area contributed by atoms with E-state index < -0.39 is 0 Å². The van der Waals surface area contributed by atoms with Crippen molar-refractivity contribution >= 4 is 16.3 Å². The highest BCUT2D eigenvalue weighted by Gasteiger charge is 2.21. The first kappa shape index (κ1) is 14.5. The Bertz CT molecular complexity index is 882. The van der Waals surface area contributed by atoms with Gasteiger partial charge in [-0.15, -0.1) is 11.3 Å². The maximum Gasteiger partial charge on any atom is 0.231 e. The number of nitrogens with zero attached hydrogens (tertiary/aromatic N) is 2. The highest BCUT2D eigenvalue weighted by atomic mass is 32.1. The molecule has 3 heterocycles. The fourth-order valence-electron chi connectivity index (χ4n) is 3.18. The number of aryl methyl sites for hydroxylation is 2. The first-order valence-corrected chi connectivity index (χ1v) is 8.64. The van der Waals surface area contributed by atoms with Gasteiger partial charge in [-0.3, -0.25) is 4.40 Å². The molecule has 2 aromatic heterocycles. The van der Waals surface area contributed by atoms with Crippen LogP contribution in [0.5, 0.6) is 11.5 Å². The van der Waals surface area contributed by atoms with Crippen LogP contribution >= 0.6 is 11.3 Å². The van der Waals surface area contributed by atoms with E-state index in [4.69, 9.17) is 20.2 Å². The molecule has 0 atom stereocenters. The second kappa shape index (κ2) is 5.54. The minimum absolute atomic E-state index is 0.284. The molecule has 4 rings (SSSR count). The van der Waals surface area contributed by atoms with E-state index >= 15 is 0 Å². The van der Waals surface area contributed by atoms with E-state index in [0.717, 1.165) is 40.6 Å². The molecule has 0 aliphatic carbocycles. The summed E-state index contributed by atoms with van der Waals surface area (Å²) < 4.78 is 13.2. The van der Waals surface area contributed by atoms with Crippen LogP contribution in [-0.2, 0) is 12.8 Å². The van der Waals surface area contributed by atoms with Gasteiger partial charge in [-0.25, -0.2) is 4.98 Å². The Balaban J connectivity index is 1.92. The third kappa shape index (κ3) is 2.21. The lowest BCUT2D eigenvalue weighted by molar-refractivity contribution is 0.174. The van der Waals surface area contributed by atoms with Crippen LogP contribution in [0.1, 0.15) is 23.2 Å². The number of aromatic nitrogens is 2. The third-order valence-electron chi connectivity index (χ3n) is 4.22. The van der Waals surface area contributed by atoms with Gasteiger partial charge in [0.05, 0.1) is 11.4 Å². The topological polar surface area (TPSA) is 61.8 Å². The number of benzene rings is 1. The molecule has 2 N–H and O–H groups in total. The SMILES string of the molecule is CCc1c(C)sc2nc(-c3ccc4c(c3)OCO4)c(CCN)n12.